The van der Waals surface area contributed by atoms with Crippen molar-refractivity contribution in [3.8, 4) is 11.6 Å². The molecule has 16 heavy (non-hydrogen) atoms. The van der Waals surface area contributed by atoms with Gasteiger partial charge in [-0.05, 0) is 25.1 Å². The monoisotopic (exact) mass is 218 g/mol. The summed E-state index contributed by atoms with van der Waals surface area (Å²) in [6.45, 7) is 1.88. The van der Waals surface area contributed by atoms with Crippen LogP contribution in [0.2, 0.25) is 0 Å². The summed E-state index contributed by atoms with van der Waals surface area (Å²) in [6, 6.07) is 7.69. The molecule has 1 aromatic heterocycles. The minimum atomic E-state index is -0.386. The molecule has 1 aromatic carbocycles. The third-order valence-corrected chi connectivity index (χ3v) is 2.14. The van der Waals surface area contributed by atoms with E-state index in [2.05, 4.69) is 4.98 Å². The number of ether oxygens (including phenoxy) is 1. The van der Waals surface area contributed by atoms with Gasteiger partial charge in [0.1, 0.15) is 5.82 Å². The number of nitrogen functional groups attached to an aromatic ring is 1. The van der Waals surface area contributed by atoms with Crippen molar-refractivity contribution in [1.82, 2.24) is 4.98 Å². The Bertz CT molecular complexity index is 514. The Labute approximate surface area is 92.7 Å². The number of anilines is 1. The van der Waals surface area contributed by atoms with Gasteiger partial charge in [0.25, 0.3) is 0 Å². The average molecular weight is 218 g/mol. The lowest BCUT2D eigenvalue weighted by Crippen LogP contribution is -1.95. The van der Waals surface area contributed by atoms with Crippen LogP contribution in [0.5, 0.6) is 11.6 Å². The van der Waals surface area contributed by atoms with E-state index in [9.17, 15) is 4.39 Å². The number of benzene rings is 1. The van der Waals surface area contributed by atoms with Crippen molar-refractivity contribution in [1.29, 1.82) is 0 Å². The van der Waals surface area contributed by atoms with Crippen LogP contribution in [0, 0.1) is 12.7 Å². The lowest BCUT2D eigenvalue weighted by atomic mass is 10.3. The Morgan fingerprint density at radius 2 is 2.12 bits per heavy atom. The standard InChI is InChI=1S/C12H11FN2O/c1-8-3-2-6-15-12(8)16-11-5-4-9(13)7-10(11)14/h2-7H,14H2,1H3. The molecule has 2 N–H and O–H groups in total. The third-order valence-electron chi connectivity index (χ3n) is 2.14. The van der Waals surface area contributed by atoms with E-state index in [0.717, 1.165) is 5.56 Å². The van der Waals surface area contributed by atoms with Gasteiger partial charge in [0, 0.05) is 17.8 Å². The summed E-state index contributed by atoms with van der Waals surface area (Å²) < 4.78 is 18.3. The number of halogens is 1. The number of pyridine rings is 1. The van der Waals surface area contributed by atoms with Crippen molar-refractivity contribution in [2.45, 2.75) is 6.92 Å². The number of nitrogens with two attached hydrogens (primary N) is 1. The summed E-state index contributed by atoms with van der Waals surface area (Å²) >= 11 is 0. The normalized spacial score (nSPS) is 10.1. The summed E-state index contributed by atoms with van der Waals surface area (Å²) in [5.41, 5.74) is 6.78. The Hall–Kier alpha value is -2.10. The highest BCUT2D eigenvalue weighted by molar-refractivity contribution is 5.53. The maximum atomic E-state index is 12.8. The van der Waals surface area contributed by atoms with Gasteiger partial charge < -0.3 is 10.5 Å². The van der Waals surface area contributed by atoms with Crippen LogP contribution in [0.3, 0.4) is 0 Å². The fraction of sp³-hybridized carbons (Fsp3) is 0.0833. The van der Waals surface area contributed by atoms with Crippen LogP contribution >= 0.6 is 0 Å². The molecule has 0 radical (unpaired) electrons. The van der Waals surface area contributed by atoms with Crippen molar-refractivity contribution in [2.24, 2.45) is 0 Å². The van der Waals surface area contributed by atoms with E-state index in [4.69, 9.17) is 10.5 Å². The molecular formula is C12H11FN2O. The predicted octanol–water partition coefficient (Wildman–Crippen LogP) is 2.90. The van der Waals surface area contributed by atoms with Crippen LogP contribution < -0.4 is 10.5 Å². The molecule has 0 unspecified atom stereocenters. The van der Waals surface area contributed by atoms with Crippen LogP contribution in [-0.4, -0.2) is 4.98 Å². The smallest absolute Gasteiger partial charge is 0.222 e. The van der Waals surface area contributed by atoms with Gasteiger partial charge in [-0.3, -0.25) is 0 Å². The summed E-state index contributed by atoms with van der Waals surface area (Å²) in [6.07, 6.45) is 1.63. The third kappa shape index (κ3) is 2.11. The van der Waals surface area contributed by atoms with E-state index in [1.54, 1.807) is 6.20 Å². The van der Waals surface area contributed by atoms with Crippen LogP contribution in [-0.2, 0) is 0 Å². The van der Waals surface area contributed by atoms with E-state index in [-0.39, 0.29) is 11.5 Å². The fourth-order valence-corrected chi connectivity index (χ4v) is 1.29. The maximum absolute atomic E-state index is 12.8. The van der Waals surface area contributed by atoms with Gasteiger partial charge in [-0.25, -0.2) is 9.37 Å². The lowest BCUT2D eigenvalue weighted by molar-refractivity contribution is 0.459. The molecule has 0 amide bonds. The highest BCUT2D eigenvalue weighted by atomic mass is 19.1. The number of nitrogens with zero attached hydrogens (tertiary/aromatic N) is 1. The molecule has 2 aromatic rings. The zero-order valence-corrected chi connectivity index (χ0v) is 8.77. The Kier molecular flexibility index (Phi) is 2.72. The van der Waals surface area contributed by atoms with E-state index >= 15 is 0 Å². The van der Waals surface area contributed by atoms with Gasteiger partial charge in [-0.2, -0.15) is 0 Å². The molecule has 0 atom stereocenters. The van der Waals surface area contributed by atoms with Crippen LogP contribution in [0.4, 0.5) is 10.1 Å². The van der Waals surface area contributed by atoms with Gasteiger partial charge in [0.2, 0.25) is 5.88 Å². The molecule has 0 aliphatic carbocycles. The van der Waals surface area contributed by atoms with Crippen LogP contribution in [0.15, 0.2) is 36.5 Å². The quantitative estimate of drug-likeness (QED) is 0.788. The summed E-state index contributed by atoms with van der Waals surface area (Å²) in [7, 11) is 0. The highest BCUT2D eigenvalue weighted by Gasteiger charge is 2.06. The van der Waals surface area contributed by atoms with Crippen LogP contribution in [0.1, 0.15) is 5.56 Å². The largest absolute Gasteiger partial charge is 0.437 e. The first kappa shape index (κ1) is 10.4. The molecule has 1 heterocycles. The second-order valence-electron chi connectivity index (χ2n) is 3.41. The zero-order chi connectivity index (χ0) is 11.5. The number of rotatable bonds is 2. The molecule has 4 heteroatoms. The Morgan fingerprint density at radius 3 is 2.81 bits per heavy atom. The lowest BCUT2D eigenvalue weighted by Gasteiger charge is -2.08. The SMILES string of the molecule is Cc1cccnc1Oc1ccc(F)cc1N. The number of aromatic nitrogens is 1. The summed E-state index contributed by atoms with van der Waals surface area (Å²) in [4.78, 5) is 4.07. The van der Waals surface area contributed by atoms with Crippen molar-refractivity contribution < 1.29 is 9.13 Å². The van der Waals surface area contributed by atoms with E-state index < -0.39 is 0 Å². The Morgan fingerprint density at radius 1 is 1.31 bits per heavy atom. The molecule has 0 aliphatic heterocycles. The molecule has 0 bridgehead atoms. The van der Waals surface area contributed by atoms with E-state index in [1.165, 1.54) is 18.2 Å². The molecular weight excluding hydrogens is 207 g/mol. The minimum absolute atomic E-state index is 0.255. The topological polar surface area (TPSA) is 48.1 Å². The summed E-state index contributed by atoms with van der Waals surface area (Å²) in [5.74, 6) is 0.492. The zero-order valence-electron chi connectivity index (χ0n) is 8.77. The number of hydrogen-bond donors (Lipinski definition) is 1. The van der Waals surface area contributed by atoms with Crippen molar-refractivity contribution in [3.05, 3.63) is 47.9 Å². The second-order valence-corrected chi connectivity index (χ2v) is 3.41. The molecule has 0 fully saturated rings. The first-order valence-corrected chi connectivity index (χ1v) is 4.81. The maximum Gasteiger partial charge on any atom is 0.222 e. The van der Waals surface area contributed by atoms with Crippen molar-refractivity contribution in [3.63, 3.8) is 0 Å². The predicted molar refractivity (Wildman–Crippen MR) is 59.9 cm³/mol. The first-order valence-electron chi connectivity index (χ1n) is 4.81. The average Bonchev–Trinajstić information content (AvgIpc) is 2.25. The van der Waals surface area contributed by atoms with Gasteiger partial charge in [-0.1, -0.05) is 6.07 Å². The van der Waals surface area contributed by atoms with Gasteiger partial charge in [0.05, 0.1) is 5.69 Å². The highest BCUT2D eigenvalue weighted by Crippen LogP contribution is 2.28. The first-order chi connectivity index (χ1) is 7.66. The molecule has 2 rings (SSSR count). The van der Waals surface area contributed by atoms with Gasteiger partial charge in [0.15, 0.2) is 5.75 Å². The van der Waals surface area contributed by atoms with Crippen molar-refractivity contribution >= 4 is 5.69 Å². The minimum Gasteiger partial charge on any atom is -0.437 e. The van der Waals surface area contributed by atoms with E-state index in [1.807, 2.05) is 19.1 Å². The molecule has 82 valence electrons. The number of hydrogen-bond acceptors (Lipinski definition) is 3. The van der Waals surface area contributed by atoms with Crippen molar-refractivity contribution in [2.75, 3.05) is 5.73 Å². The van der Waals surface area contributed by atoms with Gasteiger partial charge in [-0.15, -0.1) is 0 Å². The molecule has 0 spiro atoms. The molecule has 0 saturated heterocycles. The van der Waals surface area contributed by atoms with Crippen LogP contribution in [0.25, 0.3) is 0 Å². The van der Waals surface area contributed by atoms with Gasteiger partial charge >= 0.3 is 0 Å². The summed E-state index contributed by atoms with van der Waals surface area (Å²) in [5, 5.41) is 0. The molecule has 0 saturated carbocycles. The number of aryl methyl sites for hydroxylation is 1. The second kappa shape index (κ2) is 4.18. The van der Waals surface area contributed by atoms with E-state index in [0.29, 0.717) is 11.6 Å². The fourth-order valence-electron chi connectivity index (χ4n) is 1.29. The molecule has 3 nitrogen and oxygen atoms in total. The molecule has 0 aliphatic rings. The Balaban J connectivity index is 2.31.